The van der Waals surface area contributed by atoms with Gasteiger partial charge in [0.05, 0.1) is 5.00 Å². The second kappa shape index (κ2) is 10.5. The number of carbonyl (C=O) groups excluding carboxylic acids is 2. The zero-order chi connectivity index (χ0) is 23.4. The molecule has 1 aliphatic heterocycles. The number of thiophene rings is 1. The Morgan fingerprint density at radius 2 is 1.70 bits per heavy atom. The van der Waals surface area contributed by atoms with E-state index >= 15 is 0 Å². The Morgan fingerprint density at radius 1 is 1.03 bits per heavy atom. The lowest BCUT2D eigenvalue weighted by atomic mass is 9.90. The van der Waals surface area contributed by atoms with Crippen molar-refractivity contribution in [1.82, 2.24) is 4.90 Å². The highest BCUT2D eigenvalue weighted by Crippen LogP contribution is 2.43. The first-order chi connectivity index (χ1) is 16.0. The van der Waals surface area contributed by atoms with Crippen molar-refractivity contribution in [2.45, 2.75) is 89.2 Å². The largest absolute Gasteiger partial charge is 0.403 e. The van der Waals surface area contributed by atoms with Crippen molar-refractivity contribution in [1.29, 1.82) is 0 Å². The molecule has 2 fully saturated rings. The van der Waals surface area contributed by atoms with E-state index in [4.69, 9.17) is 4.43 Å². The molecule has 2 aromatic rings. The van der Waals surface area contributed by atoms with Crippen LogP contribution >= 0.6 is 11.3 Å². The number of hydrogen-bond donors (Lipinski definition) is 0. The molecule has 0 bridgehead atoms. The summed E-state index contributed by atoms with van der Waals surface area (Å²) >= 11 is 1.57. The molecule has 1 aliphatic carbocycles. The molecule has 1 aromatic carbocycles. The molecule has 2 heterocycles. The molecule has 3 amide bonds. The number of carbonyl (C=O) groups is 2. The first kappa shape index (κ1) is 24.2. The van der Waals surface area contributed by atoms with E-state index in [-0.39, 0.29) is 24.0 Å². The quantitative estimate of drug-likeness (QED) is 0.300. The van der Waals surface area contributed by atoms with Crippen LogP contribution in [0.5, 0.6) is 0 Å². The molecule has 178 valence electrons. The number of anilines is 1. The molecule has 0 unspecified atom stereocenters. The topological polar surface area (TPSA) is 49.9 Å². The molecule has 2 aliphatic rings. The summed E-state index contributed by atoms with van der Waals surface area (Å²) < 4.78 is 6.68. The van der Waals surface area contributed by atoms with Gasteiger partial charge in [0, 0.05) is 6.04 Å². The monoisotopic (exact) mass is 484 g/mol. The minimum Gasteiger partial charge on any atom is -0.403 e. The van der Waals surface area contributed by atoms with Gasteiger partial charge in [-0.1, -0.05) is 70.4 Å². The second-order valence-corrected chi connectivity index (χ2v) is 14.9. The first-order valence-electron chi connectivity index (χ1n) is 12.5. The molecule has 1 saturated heterocycles. The highest BCUT2D eigenvalue weighted by atomic mass is 32.1. The van der Waals surface area contributed by atoms with Crippen LogP contribution < -0.4 is 4.90 Å². The highest BCUT2D eigenvalue weighted by Gasteiger charge is 2.56. The Hall–Kier alpha value is -1.96. The molecule has 7 heteroatoms. The number of β-lactam (4-membered cyclic amide) rings is 1. The number of urea groups is 1. The fourth-order valence-electron chi connectivity index (χ4n) is 5.33. The number of hydrogen-bond acceptors (Lipinski definition) is 4. The summed E-state index contributed by atoms with van der Waals surface area (Å²) in [6, 6.07) is 16.4. The summed E-state index contributed by atoms with van der Waals surface area (Å²) in [5.41, 5.74) is 0.969. The van der Waals surface area contributed by atoms with E-state index in [1.54, 1.807) is 11.3 Å². The summed E-state index contributed by atoms with van der Waals surface area (Å²) in [6.07, 6.45) is 4.86. The van der Waals surface area contributed by atoms with Gasteiger partial charge < -0.3 is 4.43 Å². The van der Waals surface area contributed by atoms with Crippen LogP contribution in [-0.4, -0.2) is 37.3 Å². The predicted octanol–water partition coefficient (Wildman–Crippen LogP) is 6.98. The highest BCUT2D eigenvalue weighted by molar-refractivity contribution is 7.14. The Balaban J connectivity index is 1.67. The molecule has 0 radical (unpaired) electrons. The van der Waals surface area contributed by atoms with Gasteiger partial charge in [0.25, 0.3) is 5.91 Å². The van der Waals surface area contributed by atoms with Crippen LogP contribution in [0.3, 0.4) is 0 Å². The molecule has 2 atom stereocenters. The zero-order valence-electron chi connectivity index (χ0n) is 20.0. The van der Waals surface area contributed by atoms with Gasteiger partial charge in [-0.2, -0.15) is 0 Å². The maximum Gasteiger partial charge on any atom is 0.332 e. The molecule has 0 N–H and O–H groups in total. The molecule has 1 saturated carbocycles. The van der Waals surface area contributed by atoms with Crippen molar-refractivity contribution in [3.05, 3.63) is 53.4 Å². The number of likely N-dealkylation sites (tertiary alicyclic amines) is 1. The number of imide groups is 1. The standard InChI is InChI=1S/C26H36N2O3SSi/c1-4-33(5-2,6-3)31-24-23(20-14-9-7-10-15-20)28(25(24)29)26(30)27(22-18-13-19-32-22)21-16-11-8-12-17-21/h7,9-10,13-15,18-19,21,23-24H,4-6,8,11-12,16-17H2,1-3H3/t23-,24+/m1/s1. The lowest BCUT2D eigenvalue weighted by Gasteiger charge is -2.50. The molecule has 0 spiro atoms. The third kappa shape index (κ3) is 4.68. The van der Waals surface area contributed by atoms with Gasteiger partial charge in [0.1, 0.15) is 6.04 Å². The van der Waals surface area contributed by atoms with E-state index in [1.165, 1.54) is 11.3 Å². The van der Waals surface area contributed by atoms with E-state index in [0.717, 1.165) is 54.4 Å². The first-order valence-corrected chi connectivity index (χ1v) is 15.9. The van der Waals surface area contributed by atoms with E-state index in [9.17, 15) is 9.59 Å². The van der Waals surface area contributed by atoms with Crippen LogP contribution in [0.2, 0.25) is 18.1 Å². The SMILES string of the molecule is CC[Si](CC)(CC)O[C@@H]1C(=O)N(C(=O)N(c2cccs2)C2CCCCC2)[C@@H]1c1ccccc1. The van der Waals surface area contributed by atoms with Gasteiger partial charge in [-0.25, -0.2) is 4.79 Å². The number of rotatable bonds is 8. The smallest absolute Gasteiger partial charge is 0.332 e. The van der Waals surface area contributed by atoms with Gasteiger partial charge in [-0.05, 0) is 54.1 Å². The summed E-state index contributed by atoms with van der Waals surface area (Å²) in [6.45, 7) is 6.51. The van der Waals surface area contributed by atoms with Crippen molar-refractivity contribution in [2.24, 2.45) is 0 Å². The Kier molecular flexibility index (Phi) is 7.71. The fourth-order valence-corrected chi connectivity index (χ4v) is 8.89. The summed E-state index contributed by atoms with van der Waals surface area (Å²) in [5, 5.41) is 2.93. The lowest BCUT2D eigenvalue weighted by Crippen LogP contribution is -2.67. The van der Waals surface area contributed by atoms with Crippen LogP contribution in [0.15, 0.2) is 47.8 Å². The summed E-state index contributed by atoms with van der Waals surface area (Å²) in [7, 11) is -2.01. The average molecular weight is 485 g/mol. The molecule has 1 aromatic heterocycles. The van der Waals surface area contributed by atoms with Crippen molar-refractivity contribution in [2.75, 3.05) is 4.90 Å². The third-order valence-corrected chi connectivity index (χ3v) is 13.1. The maximum atomic E-state index is 14.0. The normalized spacial score (nSPS) is 21.7. The van der Waals surface area contributed by atoms with Crippen molar-refractivity contribution in [3.63, 3.8) is 0 Å². The van der Waals surface area contributed by atoms with Crippen LogP contribution in [0.4, 0.5) is 9.80 Å². The van der Waals surface area contributed by atoms with Gasteiger partial charge >= 0.3 is 6.03 Å². The van der Waals surface area contributed by atoms with E-state index in [0.29, 0.717) is 0 Å². The van der Waals surface area contributed by atoms with Crippen LogP contribution in [-0.2, 0) is 9.22 Å². The van der Waals surface area contributed by atoms with Gasteiger partial charge in [-0.15, -0.1) is 11.3 Å². The fraction of sp³-hybridized carbons (Fsp3) is 0.538. The third-order valence-electron chi connectivity index (χ3n) is 7.59. The minimum absolute atomic E-state index is 0.143. The van der Waals surface area contributed by atoms with Crippen molar-refractivity contribution >= 4 is 36.6 Å². The minimum atomic E-state index is -2.01. The van der Waals surface area contributed by atoms with Gasteiger partial charge in [-0.3, -0.25) is 14.6 Å². The number of nitrogens with zero attached hydrogens (tertiary/aromatic N) is 2. The molecular weight excluding hydrogens is 448 g/mol. The second-order valence-electron chi connectivity index (χ2n) is 9.24. The molecule has 4 rings (SSSR count). The van der Waals surface area contributed by atoms with Crippen LogP contribution in [0, 0.1) is 0 Å². The summed E-state index contributed by atoms with van der Waals surface area (Å²) in [5.74, 6) is -0.182. The van der Waals surface area contributed by atoms with Gasteiger partial charge in [0.2, 0.25) is 0 Å². The Labute approximate surface area is 202 Å². The van der Waals surface area contributed by atoms with Gasteiger partial charge in [0.15, 0.2) is 14.4 Å². The molecule has 5 nitrogen and oxygen atoms in total. The zero-order valence-corrected chi connectivity index (χ0v) is 21.9. The van der Waals surface area contributed by atoms with Crippen LogP contribution in [0.1, 0.15) is 64.5 Å². The maximum absolute atomic E-state index is 14.0. The lowest BCUT2D eigenvalue weighted by molar-refractivity contribution is -0.158. The van der Waals surface area contributed by atoms with E-state index in [1.807, 2.05) is 52.7 Å². The summed E-state index contributed by atoms with van der Waals surface area (Å²) in [4.78, 5) is 31.0. The average Bonchev–Trinajstić information content (AvgIpc) is 3.39. The number of amides is 3. The Bertz CT molecular complexity index is 918. The van der Waals surface area contributed by atoms with E-state index < -0.39 is 14.4 Å². The molecular formula is C26H36N2O3SSi. The molecule has 33 heavy (non-hydrogen) atoms. The number of benzene rings is 1. The predicted molar refractivity (Wildman–Crippen MR) is 137 cm³/mol. The van der Waals surface area contributed by atoms with Crippen LogP contribution in [0.25, 0.3) is 0 Å². The Morgan fingerprint density at radius 3 is 2.27 bits per heavy atom. The van der Waals surface area contributed by atoms with E-state index in [2.05, 4.69) is 20.8 Å². The van der Waals surface area contributed by atoms with Crippen molar-refractivity contribution in [3.8, 4) is 0 Å². The van der Waals surface area contributed by atoms with Crippen molar-refractivity contribution < 1.29 is 14.0 Å².